The zero-order chi connectivity index (χ0) is 11.8. The number of imidazole rings is 1. The van der Waals surface area contributed by atoms with Crippen LogP contribution in [0.5, 0.6) is 0 Å². The molecule has 1 aliphatic heterocycles. The molecule has 0 fully saturated rings. The summed E-state index contributed by atoms with van der Waals surface area (Å²) in [5.74, 6) is 0.854. The van der Waals surface area contributed by atoms with Crippen molar-refractivity contribution >= 4 is 29.0 Å². The fourth-order valence-corrected chi connectivity index (χ4v) is 2.33. The number of aromatic amines is 1. The van der Waals surface area contributed by atoms with Crippen LogP contribution in [0.2, 0.25) is 10.3 Å². The first-order valence-electron chi connectivity index (χ1n) is 5.21. The maximum Gasteiger partial charge on any atom is 0.222 e. The molecule has 0 saturated carbocycles. The number of nitrogens with one attached hydrogen (secondary N) is 2. The van der Waals surface area contributed by atoms with Gasteiger partial charge in [0, 0.05) is 0 Å². The minimum absolute atomic E-state index is 0.0267. The quantitative estimate of drug-likeness (QED) is 0.782. The Morgan fingerprint density at radius 2 is 2.18 bits per heavy atom. The molecule has 1 aliphatic rings. The van der Waals surface area contributed by atoms with E-state index in [1.165, 1.54) is 6.20 Å². The molecular weight excluding hydrogens is 261 g/mol. The Hall–Kier alpha value is -1.33. The zero-order valence-electron chi connectivity index (χ0n) is 8.74. The highest BCUT2D eigenvalue weighted by atomic mass is 35.5. The predicted octanol–water partition coefficient (Wildman–Crippen LogP) is 2.61. The molecule has 2 aromatic heterocycles. The average Bonchev–Trinajstić information content (AvgIpc) is 2.79. The van der Waals surface area contributed by atoms with Gasteiger partial charge in [-0.25, -0.2) is 15.0 Å². The highest BCUT2D eigenvalue weighted by molar-refractivity contribution is 6.32. The second-order valence-electron chi connectivity index (χ2n) is 3.84. The van der Waals surface area contributed by atoms with Crippen LogP contribution in [0.4, 0.5) is 5.82 Å². The summed E-state index contributed by atoms with van der Waals surface area (Å²) >= 11 is 11.9. The molecule has 0 aromatic carbocycles. The fourth-order valence-electron chi connectivity index (χ4n) is 1.97. The maximum atomic E-state index is 6.08. The molecule has 2 N–H and O–H groups in total. The number of aromatic nitrogens is 4. The molecule has 3 rings (SSSR count). The largest absolute Gasteiger partial charge is 0.360 e. The number of halogens is 2. The van der Waals surface area contributed by atoms with Crippen molar-refractivity contribution in [3.63, 3.8) is 0 Å². The van der Waals surface area contributed by atoms with Crippen molar-refractivity contribution in [3.8, 4) is 0 Å². The average molecular weight is 270 g/mol. The van der Waals surface area contributed by atoms with E-state index in [0.29, 0.717) is 5.02 Å². The van der Waals surface area contributed by atoms with Crippen molar-refractivity contribution < 1.29 is 0 Å². The number of rotatable bonds is 1. The third-order valence-corrected chi connectivity index (χ3v) is 3.26. The summed E-state index contributed by atoms with van der Waals surface area (Å²) in [5, 5.41) is 4.01. The summed E-state index contributed by atoms with van der Waals surface area (Å²) in [5.41, 5.74) is 1.83. The van der Waals surface area contributed by atoms with Crippen LogP contribution in [0.25, 0.3) is 0 Å². The van der Waals surface area contributed by atoms with Gasteiger partial charge in [-0.05, 0) is 24.4 Å². The molecule has 0 radical (unpaired) electrons. The molecule has 7 heteroatoms. The van der Waals surface area contributed by atoms with Gasteiger partial charge in [0.1, 0.15) is 5.82 Å². The third-order valence-electron chi connectivity index (χ3n) is 2.78. The maximum absolute atomic E-state index is 6.08. The first kappa shape index (κ1) is 10.8. The Morgan fingerprint density at radius 3 is 3.06 bits per heavy atom. The minimum atomic E-state index is 0.0267. The molecule has 0 saturated heterocycles. The lowest BCUT2D eigenvalue weighted by Crippen LogP contribution is -2.19. The van der Waals surface area contributed by atoms with Gasteiger partial charge in [-0.3, -0.25) is 0 Å². The van der Waals surface area contributed by atoms with Crippen LogP contribution in [0.15, 0.2) is 12.5 Å². The van der Waals surface area contributed by atoms with Crippen LogP contribution in [0.3, 0.4) is 0 Å². The minimum Gasteiger partial charge on any atom is -0.360 e. The van der Waals surface area contributed by atoms with E-state index in [0.717, 1.165) is 30.0 Å². The van der Waals surface area contributed by atoms with Crippen molar-refractivity contribution in [2.45, 2.75) is 18.9 Å². The van der Waals surface area contributed by atoms with Gasteiger partial charge in [-0.15, -0.1) is 0 Å². The fraction of sp³-hybridized carbons (Fsp3) is 0.300. The van der Waals surface area contributed by atoms with Gasteiger partial charge in [0.25, 0.3) is 0 Å². The summed E-state index contributed by atoms with van der Waals surface area (Å²) in [6, 6.07) is 0.0267. The molecule has 88 valence electrons. The molecule has 17 heavy (non-hydrogen) atoms. The monoisotopic (exact) mass is 269 g/mol. The zero-order valence-corrected chi connectivity index (χ0v) is 10.3. The number of fused-ring (bicyclic) bond motifs is 1. The van der Waals surface area contributed by atoms with Gasteiger partial charge < -0.3 is 10.3 Å². The highest BCUT2D eigenvalue weighted by Gasteiger charge is 2.24. The molecule has 0 aliphatic carbocycles. The Kier molecular flexibility index (Phi) is 2.64. The van der Waals surface area contributed by atoms with Crippen LogP contribution >= 0.6 is 23.2 Å². The van der Waals surface area contributed by atoms with Gasteiger partial charge >= 0.3 is 0 Å². The number of aryl methyl sites for hydroxylation is 1. The van der Waals surface area contributed by atoms with Crippen molar-refractivity contribution in [2.75, 3.05) is 5.32 Å². The van der Waals surface area contributed by atoms with E-state index in [9.17, 15) is 0 Å². The third kappa shape index (κ3) is 1.96. The van der Waals surface area contributed by atoms with E-state index in [4.69, 9.17) is 23.2 Å². The van der Waals surface area contributed by atoms with E-state index in [-0.39, 0.29) is 11.3 Å². The van der Waals surface area contributed by atoms with E-state index in [1.54, 1.807) is 6.33 Å². The van der Waals surface area contributed by atoms with Crippen molar-refractivity contribution in [1.29, 1.82) is 0 Å². The Morgan fingerprint density at radius 1 is 1.29 bits per heavy atom. The Balaban J connectivity index is 1.94. The molecule has 0 spiro atoms. The Bertz CT molecular complexity index is 553. The number of nitrogens with zero attached hydrogens (tertiary/aromatic N) is 3. The van der Waals surface area contributed by atoms with Gasteiger partial charge in [0.05, 0.1) is 35.0 Å². The topological polar surface area (TPSA) is 66.5 Å². The molecule has 0 amide bonds. The second kappa shape index (κ2) is 4.16. The number of anilines is 1. The summed E-state index contributed by atoms with van der Waals surface area (Å²) in [6.45, 7) is 0. The Labute approximate surface area is 108 Å². The lowest BCUT2D eigenvalue weighted by molar-refractivity contribution is 0.639. The molecule has 1 unspecified atom stereocenters. The number of hydrogen-bond donors (Lipinski definition) is 2. The first-order valence-corrected chi connectivity index (χ1v) is 5.96. The van der Waals surface area contributed by atoms with Gasteiger partial charge in [-0.2, -0.15) is 0 Å². The van der Waals surface area contributed by atoms with Crippen molar-refractivity contribution in [1.82, 2.24) is 19.9 Å². The van der Waals surface area contributed by atoms with E-state index < -0.39 is 0 Å². The standard InChI is InChI=1S/C10H9Cl2N5/c11-5-3-13-10(12)17-8(5)6-1-2-7-9(16-6)15-4-14-7/h3-4,6,16H,1-2H2,(H,14,15). The van der Waals surface area contributed by atoms with E-state index in [2.05, 4.69) is 25.3 Å². The normalized spacial score (nSPS) is 18.6. The van der Waals surface area contributed by atoms with Crippen LogP contribution in [0, 0.1) is 0 Å². The molecular formula is C10H9Cl2N5. The SMILES string of the molecule is Clc1ncc(Cl)c(C2CCc3[nH]cnc3N2)n1. The van der Waals surface area contributed by atoms with Crippen LogP contribution in [0.1, 0.15) is 23.9 Å². The van der Waals surface area contributed by atoms with Crippen LogP contribution in [-0.4, -0.2) is 19.9 Å². The summed E-state index contributed by atoms with van der Waals surface area (Å²) in [4.78, 5) is 15.3. The van der Waals surface area contributed by atoms with Crippen molar-refractivity contribution in [2.24, 2.45) is 0 Å². The smallest absolute Gasteiger partial charge is 0.222 e. The van der Waals surface area contributed by atoms with Crippen molar-refractivity contribution in [3.05, 3.63) is 34.2 Å². The van der Waals surface area contributed by atoms with E-state index >= 15 is 0 Å². The lowest BCUT2D eigenvalue weighted by Gasteiger charge is -2.23. The predicted molar refractivity (Wildman–Crippen MR) is 65.3 cm³/mol. The van der Waals surface area contributed by atoms with Crippen LogP contribution in [-0.2, 0) is 6.42 Å². The lowest BCUT2D eigenvalue weighted by atomic mass is 10.0. The summed E-state index contributed by atoms with van der Waals surface area (Å²) < 4.78 is 0. The van der Waals surface area contributed by atoms with Gasteiger partial charge in [0.2, 0.25) is 5.28 Å². The van der Waals surface area contributed by atoms with Gasteiger partial charge in [-0.1, -0.05) is 11.6 Å². The van der Waals surface area contributed by atoms with Gasteiger partial charge in [0.15, 0.2) is 0 Å². The summed E-state index contributed by atoms with van der Waals surface area (Å²) in [6.07, 6.45) is 5.00. The molecule has 1 atom stereocenters. The van der Waals surface area contributed by atoms with E-state index in [1.807, 2.05) is 0 Å². The molecule has 2 aromatic rings. The number of H-pyrrole nitrogens is 1. The highest BCUT2D eigenvalue weighted by Crippen LogP contribution is 2.32. The summed E-state index contributed by atoms with van der Waals surface area (Å²) in [7, 11) is 0. The second-order valence-corrected chi connectivity index (χ2v) is 4.58. The molecule has 5 nitrogen and oxygen atoms in total. The van der Waals surface area contributed by atoms with Crippen LogP contribution < -0.4 is 5.32 Å². The number of hydrogen-bond acceptors (Lipinski definition) is 4. The molecule has 3 heterocycles. The molecule has 0 bridgehead atoms. The first-order chi connectivity index (χ1) is 8.24.